The predicted octanol–water partition coefficient (Wildman–Crippen LogP) is 3.84. The molecule has 4 nitrogen and oxygen atoms in total. The summed E-state index contributed by atoms with van der Waals surface area (Å²) in [5.74, 6) is 0.370. The van der Waals surface area contributed by atoms with Gasteiger partial charge >= 0.3 is 0 Å². The van der Waals surface area contributed by atoms with Gasteiger partial charge in [-0.05, 0) is 42.3 Å². The maximum absolute atomic E-state index is 13.0. The molecule has 2 aromatic carbocycles. The second-order valence-corrected chi connectivity index (χ2v) is 6.22. The Bertz CT molecular complexity index is 868. The smallest absolute Gasteiger partial charge is 0.251 e. The van der Waals surface area contributed by atoms with Crippen molar-refractivity contribution < 1.29 is 9.18 Å². The van der Waals surface area contributed by atoms with Crippen LogP contribution in [0.4, 0.5) is 4.39 Å². The van der Waals surface area contributed by atoms with Gasteiger partial charge in [-0.25, -0.2) is 9.37 Å². The van der Waals surface area contributed by atoms with Crippen LogP contribution in [0.15, 0.2) is 48.5 Å². The van der Waals surface area contributed by atoms with Crippen molar-refractivity contribution in [1.29, 1.82) is 0 Å². The van der Waals surface area contributed by atoms with Crippen molar-refractivity contribution >= 4 is 16.9 Å². The Hall–Kier alpha value is -2.69. The zero-order valence-corrected chi connectivity index (χ0v) is 14.0. The molecule has 0 saturated heterocycles. The topological polar surface area (TPSA) is 46.9 Å². The van der Waals surface area contributed by atoms with Gasteiger partial charge in [-0.2, -0.15) is 0 Å². The second-order valence-electron chi connectivity index (χ2n) is 6.22. The van der Waals surface area contributed by atoms with Crippen LogP contribution >= 0.6 is 0 Å². The molecule has 0 unspecified atom stereocenters. The number of nitrogens with zero attached hydrogens (tertiary/aromatic N) is 2. The Kier molecular flexibility index (Phi) is 4.34. The summed E-state index contributed by atoms with van der Waals surface area (Å²) < 4.78 is 15.0. The van der Waals surface area contributed by atoms with Crippen molar-refractivity contribution in [3.05, 3.63) is 65.7 Å². The Labute approximate surface area is 140 Å². The lowest BCUT2D eigenvalue weighted by Gasteiger charge is -2.22. The highest BCUT2D eigenvalue weighted by molar-refractivity contribution is 5.94. The monoisotopic (exact) mass is 325 g/mol. The van der Waals surface area contributed by atoms with Crippen molar-refractivity contribution in [1.82, 2.24) is 14.9 Å². The first-order valence-corrected chi connectivity index (χ1v) is 7.95. The number of carbonyl (C=O) groups is 1. The van der Waals surface area contributed by atoms with Crippen LogP contribution in [0, 0.1) is 11.7 Å². The van der Waals surface area contributed by atoms with E-state index < -0.39 is 0 Å². The summed E-state index contributed by atoms with van der Waals surface area (Å²) in [4.78, 5) is 17.2. The molecule has 0 aliphatic carbocycles. The molecule has 0 radical (unpaired) electrons. The van der Waals surface area contributed by atoms with E-state index in [1.807, 2.05) is 49.7 Å². The van der Waals surface area contributed by atoms with E-state index in [4.69, 9.17) is 0 Å². The number of fused-ring (bicyclic) bond motifs is 1. The number of aryl methyl sites for hydroxylation is 1. The van der Waals surface area contributed by atoms with E-state index in [-0.39, 0.29) is 23.7 Å². The van der Waals surface area contributed by atoms with Gasteiger partial charge in [0, 0.05) is 12.6 Å². The molecule has 1 amide bonds. The van der Waals surface area contributed by atoms with Crippen LogP contribution in [0.2, 0.25) is 0 Å². The van der Waals surface area contributed by atoms with E-state index >= 15 is 0 Å². The van der Waals surface area contributed by atoms with Crippen LogP contribution in [0.5, 0.6) is 0 Å². The molecule has 0 aliphatic heterocycles. The third kappa shape index (κ3) is 3.02. The van der Waals surface area contributed by atoms with E-state index in [9.17, 15) is 9.18 Å². The van der Waals surface area contributed by atoms with Gasteiger partial charge in [-0.1, -0.05) is 26.0 Å². The summed E-state index contributed by atoms with van der Waals surface area (Å²) in [5, 5.41) is 3.03. The average Bonchev–Trinajstić information content (AvgIpc) is 2.90. The first-order chi connectivity index (χ1) is 11.5. The zero-order chi connectivity index (χ0) is 17.3. The van der Waals surface area contributed by atoms with E-state index in [2.05, 4.69) is 10.3 Å². The molecule has 1 atom stereocenters. The van der Waals surface area contributed by atoms with Crippen molar-refractivity contribution in [2.45, 2.75) is 19.9 Å². The number of rotatable bonds is 4. The first-order valence-electron chi connectivity index (χ1n) is 7.95. The molecule has 0 fully saturated rings. The van der Waals surface area contributed by atoms with E-state index in [0.29, 0.717) is 5.56 Å². The maximum Gasteiger partial charge on any atom is 0.251 e. The third-order valence-electron chi connectivity index (χ3n) is 4.16. The van der Waals surface area contributed by atoms with E-state index in [1.54, 1.807) is 0 Å². The molecular formula is C19H20FN3O. The molecule has 24 heavy (non-hydrogen) atoms. The van der Waals surface area contributed by atoms with Gasteiger partial charge in [-0.15, -0.1) is 0 Å². The third-order valence-corrected chi connectivity index (χ3v) is 4.16. The van der Waals surface area contributed by atoms with Gasteiger partial charge in [0.05, 0.1) is 17.1 Å². The molecule has 1 heterocycles. The molecule has 0 aliphatic rings. The number of hydrogen-bond acceptors (Lipinski definition) is 2. The number of benzene rings is 2. The standard InChI is InChI=1S/C19H20FN3O/c1-12(2)17(22-19(24)13-8-10-14(20)11-9-13)18-21-15-6-4-5-7-16(15)23(18)3/h4-12,17H,1-3H3,(H,22,24)/t17-/m0/s1. The number of nitrogens with one attached hydrogen (secondary N) is 1. The summed E-state index contributed by atoms with van der Waals surface area (Å²) in [6.45, 7) is 4.07. The van der Waals surface area contributed by atoms with Crippen LogP contribution in [0.1, 0.15) is 36.1 Å². The zero-order valence-electron chi connectivity index (χ0n) is 14.0. The van der Waals surface area contributed by atoms with Gasteiger partial charge in [0.1, 0.15) is 11.6 Å². The summed E-state index contributed by atoms with van der Waals surface area (Å²) >= 11 is 0. The molecule has 0 saturated carbocycles. The fourth-order valence-corrected chi connectivity index (χ4v) is 2.80. The van der Waals surface area contributed by atoms with Crippen molar-refractivity contribution in [2.75, 3.05) is 0 Å². The number of imidazole rings is 1. The van der Waals surface area contributed by atoms with Crippen LogP contribution < -0.4 is 5.32 Å². The number of hydrogen-bond donors (Lipinski definition) is 1. The van der Waals surface area contributed by atoms with Crippen LogP contribution in [-0.4, -0.2) is 15.5 Å². The highest BCUT2D eigenvalue weighted by Crippen LogP contribution is 2.25. The quantitative estimate of drug-likeness (QED) is 0.792. The Morgan fingerprint density at radius 2 is 1.79 bits per heavy atom. The minimum absolute atomic E-state index is 0.157. The molecule has 1 aromatic heterocycles. The van der Waals surface area contributed by atoms with Gasteiger partial charge in [0.15, 0.2) is 0 Å². The van der Waals surface area contributed by atoms with Crippen LogP contribution in [-0.2, 0) is 7.05 Å². The van der Waals surface area contributed by atoms with Crippen LogP contribution in [0.25, 0.3) is 11.0 Å². The fourth-order valence-electron chi connectivity index (χ4n) is 2.80. The number of halogens is 1. The van der Waals surface area contributed by atoms with Gasteiger partial charge in [-0.3, -0.25) is 4.79 Å². The highest BCUT2D eigenvalue weighted by atomic mass is 19.1. The Balaban J connectivity index is 1.93. The molecule has 3 aromatic rings. The van der Waals surface area contributed by atoms with Gasteiger partial charge in [0.2, 0.25) is 0 Å². The molecule has 5 heteroatoms. The maximum atomic E-state index is 13.0. The SMILES string of the molecule is CC(C)[C@H](NC(=O)c1ccc(F)cc1)c1nc2ccccc2n1C. The van der Waals surface area contributed by atoms with Crippen molar-refractivity contribution in [3.8, 4) is 0 Å². The lowest BCUT2D eigenvalue weighted by atomic mass is 10.0. The minimum atomic E-state index is -0.359. The number of aromatic nitrogens is 2. The minimum Gasteiger partial charge on any atom is -0.342 e. The molecule has 124 valence electrons. The highest BCUT2D eigenvalue weighted by Gasteiger charge is 2.24. The normalized spacial score (nSPS) is 12.5. The predicted molar refractivity (Wildman–Crippen MR) is 92.2 cm³/mol. The average molecular weight is 325 g/mol. The summed E-state index contributed by atoms with van der Waals surface area (Å²) in [5.41, 5.74) is 2.35. The molecule has 0 bridgehead atoms. The second kappa shape index (κ2) is 6.43. The lowest BCUT2D eigenvalue weighted by molar-refractivity contribution is 0.0922. The van der Waals surface area contributed by atoms with E-state index in [1.165, 1.54) is 24.3 Å². The lowest BCUT2D eigenvalue weighted by Crippen LogP contribution is -2.33. The van der Waals surface area contributed by atoms with Gasteiger partial charge < -0.3 is 9.88 Å². The number of carbonyl (C=O) groups excluding carboxylic acids is 1. The molecule has 3 rings (SSSR count). The molecular weight excluding hydrogens is 305 g/mol. The largest absolute Gasteiger partial charge is 0.342 e. The Morgan fingerprint density at radius 1 is 1.12 bits per heavy atom. The molecule has 0 spiro atoms. The number of para-hydroxylation sites is 2. The van der Waals surface area contributed by atoms with Crippen LogP contribution in [0.3, 0.4) is 0 Å². The van der Waals surface area contributed by atoms with Gasteiger partial charge in [0.25, 0.3) is 5.91 Å². The fraction of sp³-hybridized carbons (Fsp3) is 0.263. The van der Waals surface area contributed by atoms with Crippen molar-refractivity contribution in [2.24, 2.45) is 13.0 Å². The first kappa shape index (κ1) is 16.2. The Morgan fingerprint density at radius 3 is 2.42 bits per heavy atom. The van der Waals surface area contributed by atoms with Crippen molar-refractivity contribution in [3.63, 3.8) is 0 Å². The molecule has 1 N–H and O–H groups in total. The summed E-state index contributed by atoms with van der Waals surface area (Å²) in [6, 6.07) is 13.2. The van der Waals surface area contributed by atoms with E-state index in [0.717, 1.165) is 16.9 Å². The summed E-state index contributed by atoms with van der Waals surface area (Å²) in [6.07, 6.45) is 0. The summed E-state index contributed by atoms with van der Waals surface area (Å²) in [7, 11) is 1.95. The number of amides is 1.